The second-order valence-electron chi connectivity index (χ2n) is 4.62. The largest absolute Gasteiger partial charge is 0.395 e. The number of sulfonamides is 1. The zero-order chi connectivity index (χ0) is 16.9. The van der Waals surface area contributed by atoms with E-state index in [-0.39, 0.29) is 23.6 Å². The molecule has 6 nitrogen and oxygen atoms in total. The van der Waals surface area contributed by atoms with Gasteiger partial charge in [-0.2, -0.15) is 0 Å². The summed E-state index contributed by atoms with van der Waals surface area (Å²) in [5.74, 6) is -0.445. The van der Waals surface area contributed by atoms with Gasteiger partial charge in [-0.3, -0.25) is 9.52 Å². The van der Waals surface area contributed by atoms with Crippen LogP contribution < -0.4 is 10.0 Å². The molecule has 3 N–H and O–H groups in total. The maximum absolute atomic E-state index is 12.4. The van der Waals surface area contributed by atoms with Gasteiger partial charge in [-0.1, -0.05) is 22.0 Å². The van der Waals surface area contributed by atoms with Crippen LogP contribution in [0.4, 0.5) is 5.69 Å². The Morgan fingerprint density at radius 1 is 1.13 bits per heavy atom. The van der Waals surface area contributed by atoms with Crippen molar-refractivity contribution in [2.45, 2.75) is 4.90 Å². The van der Waals surface area contributed by atoms with Gasteiger partial charge >= 0.3 is 0 Å². The number of carbonyl (C=O) groups excluding carboxylic acids is 1. The molecule has 1 amide bonds. The number of aliphatic hydroxyl groups is 1. The lowest BCUT2D eigenvalue weighted by Gasteiger charge is -2.09. The number of hydrogen-bond acceptors (Lipinski definition) is 4. The van der Waals surface area contributed by atoms with Crippen LogP contribution in [0.1, 0.15) is 10.4 Å². The highest BCUT2D eigenvalue weighted by Gasteiger charge is 2.16. The Balaban J connectivity index is 2.22. The first-order valence-electron chi connectivity index (χ1n) is 6.70. The molecule has 122 valence electrons. The van der Waals surface area contributed by atoms with Gasteiger partial charge in [-0.05, 0) is 42.5 Å². The van der Waals surface area contributed by atoms with Gasteiger partial charge in [0.15, 0.2) is 0 Å². The summed E-state index contributed by atoms with van der Waals surface area (Å²) in [4.78, 5) is 11.8. The van der Waals surface area contributed by atoms with E-state index in [9.17, 15) is 13.2 Å². The maximum atomic E-state index is 12.4. The highest BCUT2D eigenvalue weighted by Crippen LogP contribution is 2.19. The van der Waals surface area contributed by atoms with E-state index in [1.165, 1.54) is 24.3 Å². The summed E-state index contributed by atoms with van der Waals surface area (Å²) in [5, 5.41) is 11.2. The predicted molar refractivity (Wildman–Crippen MR) is 90.8 cm³/mol. The Hall–Kier alpha value is -1.90. The summed E-state index contributed by atoms with van der Waals surface area (Å²) in [6, 6.07) is 12.4. The molecule has 2 aromatic carbocycles. The SMILES string of the molecule is O=C(NCCO)c1cccc(S(=O)(=O)Nc2ccc(Br)cc2)c1. The normalized spacial score (nSPS) is 11.0. The van der Waals surface area contributed by atoms with Crippen molar-refractivity contribution >= 4 is 37.5 Å². The van der Waals surface area contributed by atoms with Crippen molar-refractivity contribution in [3.8, 4) is 0 Å². The van der Waals surface area contributed by atoms with Crippen molar-refractivity contribution < 1.29 is 18.3 Å². The number of aliphatic hydroxyl groups excluding tert-OH is 1. The van der Waals surface area contributed by atoms with Crippen molar-refractivity contribution in [2.75, 3.05) is 17.9 Å². The monoisotopic (exact) mass is 398 g/mol. The number of carbonyl (C=O) groups is 1. The molecule has 0 aliphatic carbocycles. The Morgan fingerprint density at radius 2 is 1.83 bits per heavy atom. The highest BCUT2D eigenvalue weighted by molar-refractivity contribution is 9.10. The Morgan fingerprint density at radius 3 is 2.48 bits per heavy atom. The fraction of sp³-hybridized carbons (Fsp3) is 0.133. The average molecular weight is 399 g/mol. The Labute approximate surface area is 142 Å². The van der Waals surface area contributed by atoms with Gasteiger partial charge in [0.25, 0.3) is 15.9 Å². The molecule has 0 saturated heterocycles. The van der Waals surface area contributed by atoms with E-state index >= 15 is 0 Å². The van der Waals surface area contributed by atoms with Crippen LogP contribution >= 0.6 is 15.9 Å². The van der Waals surface area contributed by atoms with E-state index in [4.69, 9.17) is 5.11 Å². The number of nitrogens with one attached hydrogen (secondary N) is 2. The van der Waals surface area contributed by atoms with Crippen molar-refractivity contribution in [3.05, 3.63) is 58.6 Å². The standard InChI is InChI=1S/C15H15BrN2O4S/c16-12-4-6-13(7-5-12)18-23(21,22)14-3-1-2-11(10-14)15(20)17-8-9-19/h1-7,10,18-19H,8-9H2,(H,17,20). The van der Waals surface area contributed by atoms with Gasteiger partial charge in [-0.15, -0.1) is 0 Å². The summed E-state index contributed by atoms with van der Waals surface area (Å²) in [7, 11) is -3.80. The minimum Gasteiger partial charge on any atom is -0.395 e. The first-order valence-corrected chi connectivity index (χ1v) is 8.97. The fourth-order valence-electron chi connectivity index (χ4n) is 1.81. The van der Waals surface area contributed by atoms with Gasteiger partial charge in [-0.25, -0.2) is 8.42 Å². The van der Waals surface area contributed by atoms with E-state index in [0.717, 1.165) is 4.47 Å². The number of benzene rings is 2. The predicted octanol–water partition coefficient (Wildman–Crippen LogP) is 1.97. The van der Waals surface area contributed by atoms with Crippen LogP contribution in [-0.4, -0.2) is 32.6 Å². The second-order valence-corrected chi connectivity index (χ2v) is 7.22. The number of rotatable bonds is 6. The van der Waals surface area contributed by atoms with Crippen LogP contribution in [0.25, 0.3) is 0 Å². The molecular formula is C15H15BrN2O4S. The summed E-state index contributed by atoms with van der Waals surface area (Å²) < 4.78 is 28.0. The molecule has 0 atom stereocenters. The molecule has 0 unspecified atom stereocenters. The molecule has 23 heavy (non-hydrogen) atoms. The van der Waals surface area contributed by atoms with Gasteiger partial charge in [0, 0.05) is 22.3 Å². The number of halogens is 1. The molecule has 0 aromatic heterocycles. The quantitative estimate of drug-likeness (QED) is 0.692. The molecule has 8 heteroatoms. The van der Waals surface area contributed by atoms with Crippen LogP contribution in [0.15, 0.2) is 57.9 Å². The molecule has 0 bridgehead atoms. The minimum absolute atomic E-state index is 0.0166. The smallest absolute Gasteiger partial charge is 0.261 e. The fourth-order valence-corrected chi connectivity index (χ4v) is 3.18. The van der Waals surface area contributed by atoms with Crippen LogP contribution in [-0.2, 0) is 10.0 Å². The third kappa shape index (κ3) is 4.78. The molecule has 0 saturated carbocycles. The topological polar surface area (TPSA) is 95.5 Å². The van der Waals surface area contributed by atoms with Crippen LogP contribution in [0.3, 0.4) is 0 Å². The lowest BCUT2D eigenvalue weighted by atomic mass is 10.2. The maximum Gasteiger partial charge on any atom is 0.261 e. The van der Waals surface area contributed by atoms with Gasteiger partial charge in [0.2, 0.25) is 0 Å². The minimum atomic E-state index is -3.80. The summed E-state index contributed by atoms with van der Waals surface area (Å²) in [6.45, 7) is -0.0815. The molecule has 0 fully saturated rings. The Kier molecular flexibility index (Phi) is 5.75. The molecule has 2 aromatic rings. The molecule has 0 aliphatic heterocycles. The summed E-state index contributed by atoms with van der Waals surface area (Å²) >= 11 is 3.28. The van der Waals surface area contributed by atoms with E-state index in [1.54, 1.807) is 24.3 Å². The molecule has 0 spiro atoms. The third-order valence-corrected chi connectivity index (χ3v) is 4.81. The lowest BCUT2D eigenvalue weighted by molar-refractivity contribution is 0.0944. The third-order valence-electron chi connectivity index (χ3n) is 2.90. The van der Waals surface area contributed by atoms with Gasteiger partial charge in [0.05, 0.1) is 11.5 Å². The molecule has 2 rings (SSSR count). The Bertz CT molecular complexity index is 791. The molecular weight excluding hydrogens is 384 g/mol. The average Bonchev–Trinajstić information content (AvgIpc) is 2.54. The zero-order valence-electron chi connectivity index (χ0n) is 12.0. The van der Waals surface area contributed by atoms with Crippen molar-refractivity contribution in [1.29, 1.82) is 0 Å². The van der Waals surface area contributed by atoms with Crippen LogP contribution in [0.2, 0.25) is 0 Å². The van der Waals surface area contributed by atoms with Crippen molar-refractivity contribution in [3.63, 3.8) is 0 Å². The zero-order valence-corrected chi connectivity index (χ0v) is 14.4. The van der Waals surface area contributed by atoms with Crippen molar-refractivity contribution in [2.24, 2.45) is 0 Å². The van der Waals surface area contributed by atoms with E-state index in [1.807, 2.05) is 0 Å². The van der Waals surface area contributed by atoms with Crippen molar-refractivity contribution in [1.82, 2.24) is 5.32 Å². The first kappa shape index (κ1) is 17.5. The van der Waals surface area contributed by atoms with Crippen LogP contribution in [0, 0.1) is 0 Å². The summed E-state index contributed by atoms with van der Waals surface area (Å²) in [6.07, 6.45) is 0. The highest BCUT2D eigenvalue weighted by atomic mass is 79.9. The van der Waals surface area contributed by atoms with Gasteiger partial charge < -0.3 is 10.4 Å². The summed E-state index contributed by atoms with van der Waals surface area (Å²) in [5.41, 5.74) is 0.625. The molecule has 0 radical (unpaired) electrons. The second kappa shape index (κ2) is 7.58. The van der Waals surface area contributed by atoms with E-state index in [2.05, 4.69) is 26.0 Å². The number of amides is 1. The molecule has 0 aliphatic rings. The molecule has 0 heterocycles. The number of anilines is 1. The van der Waals surface area contributed by atoms with E-state index in [0.29, 0.717) is 5.69 Å². The van der Waals surface area contributed by atoms with Crippen LogP contribution in [0.5, 0.6) is 0 Å². The first-order chi connectivity index (χ1) is 10.9. The lowest BCUT2D eigenvalue weighted by Crippen LogP contribution is -2.26. The van der Waals surface area contributed by atoms with E-state index < -0.39 is 15.9 Å². The van der Waals surface area contributed by atoms with Gasteiger partial charge in [0.1, 0.15) is 0 Å². The number of hydrogen-bond donors (Lipinski definition) is 3.